The molecule has 9 heteroatoms. The molecule has 5 aliphatic carbocycles. The Morgan fingerprint density at radius 3 is 2.23 bits per heavy atom. The lowest BCUT2D eigenvalue weighted by atomic mass is 9.33. The van der Waals surface area contributed by atoms with Crippen LogP contribution in [0.25, 0.3) is 0 Å². The maximum Gasteiger partial charge on any atom is 0.309 e. The number of aliphatic hydroxyl groups excluding tert-OH is 1. The van der Waals surface area contributed by atoms with E-state index in [4.69, 9.17) is 4.74 Å². The third-order valence-corrected chi connectivity index (χ3v) is 17.0. The van der Waals surface area contributed by atoms with Gasteiger partial charge in [0.05, 0.1) is 17.9 Å². The number of Topliss-reactive ketones (excluding diaryl/α,β-unsaturated/α-hetero) is 1. The van der Waals surface area contributed by atoms with Crippen LogP contribution in [-0.2, 0) is 25.7 Å². The van der Waals surface area contributed by atoms with Gasteiger partial charge in [-0.05, 0) is 142 Å². The molecule has 312 valence electrons. The molecular weight excluding hydrogens is 703 g/mol. The number of carbonyl (C=O) groups is 3. The van der Waals surface area contributed by atoms with Gasteiger partial charge in [-0.3, -0.25) is 24.3 Å². The number of esters is 1. The number of aliphatic hydroxyl groups is 1. The van der Waals surface area contributed by atoms with E-state index in [1.165, 1.54) is 11.1 Å². The maximum atomic E-state index is 14.3. The molecule has 5 aliphatic rings. The van der Waals surface area contributed by atoms with E-state index < -0.39 is 28.9 Å². The zero-order valence-corrected chi connectivity index (χ0v) is 36.5. The summed E-state index contributed by atoms with van der Waals surface area (Å²) in [6.07, 6.45) is 10.9. The van der Waals surface area contributed by atoms with E-state index in [2.05, 4.69) is 89.5 Å². The number of aromatic nitrogens is 1. The van der Waals surface area contributed by atoms with Crippen LogP contribution in [0.1, 0.15) is 132 Å². The summed E-state index contributed by atoms with van der Waals surface area (Å²) < 4.78 is 6.19. The number of carbonyl (C=O) groups excluding carboxylic acids is 2. The van der Waals surface area contributed by atoms with Crippen LogP contribution in [0.2, 0.25) is 0 Å². The van der Waals surface area contributed by atoms with E-state index in [1.807, 2.05) is 12.4 Å². The summed E-state index contributed by atoms with van der Waals surface area (Å²) in [4.78, 5) is 48.0. The summed E-state index contributed by atoms with van der Waals surface area (Å²) in [6.45, 7) is 22.7. The monoisotopic (exact) mass is 776 g/mol. The number of carboxylic acids is 1. The molecule has 0 amide bonds. The summed E-state index contributed by atoms with van der Waals surface area (Å²) in [7, 11) is 4.18. The first-order chi connectivity index (χ1) is 26.0. The Kier molecular flexibility index (Phi) is 11.7. The van der Waals surface area contributed by atoms with Gasteiger partial charge < -0.3 is 19.8 Å². The van der Waals surface area contributed by atoms with Crippen LogP contribution in [0.5, 0.6) is 0 Å². The van der Waals surface area contributed by atoms with Crippen molar-refractivity contribution < 1.29 is 29.3 Å². The van der Waals surface area contributed by atoms with E-state index >= 15 is 0 Å². The molecule has 0 aromatic carbocycles. The van der Waals surface area contributed by atoms with Crippen LogP contribution in [0.3, 0.4) is 0 Å². The van der Waals surface area contributed by atoms with E-state index in [0.29, 0.717) is 24.8 Å². The van der Waals surface area contributed by atoms with Crippen molar-refractivity contribution in [3.63, 3.8) is 0 Å². The summed E-state index contributed by atoms with van der Waals surface area (Å²) in [5, 5.41) is 22.3. The number of nitrogens with zero attached hydrogens (tertiary/aromatic N) is 3. The Bertz CT molecular complexity index is 1690. The second-order valence-corrected chi connectivity index (χ2v) is 21.5. The van der Waals surface area contributed by atoms with E-state index in [-0.39, 0.29) is 51.8 Å². The molecule has 2 N–H and O–H groups in total. The van der Waals surface area contributed by atoms with Crippen LogP contribution in [0, 0.1) is 56.2 Å². The molecule has 4 saturated carbocycles. The van der Waals surface area contributed by atoms with Crippen molar-refractivity contribution in [2.24, 2.45) is 56.2 Å². The highest BCUT2D eigenvalue weighted by molar-refractivity contribution is 6.00. The fraction of sp³-hybridized carbons (Fsp3) is 0.787. The quantitative estimate of drug-likeness (QED) is 0.191. The van der Waals surface area contributed by atoms with E-state index in [1.54, 1.807) is 13.8 Å². The first-order valence-corrected chi connectivity index (χ1v) is 21.7. The minimum atomic E-state index is -1.17. The standard InChI is InChI=1S/C47H73N3O6/c1-30(2)39-33(51)26-47(36(52)29-50(25-24-49(10)11)28-31-16-22-48-23-17-31)21-20-45(8)32(40(39)47)12-13-35-44(7)18-15-37(56-38(53)27-42(3,4)41(54)55)43(5,6)34(44)14-19-46(35,45)9/h16-17,22-23,30,32,34-37,52H,12-15,18-21,24-29H2,1-11H3,(H,54,55). The highest BCUT2D eigenvalue weighted by Crippen LogP contribution is 2.77. The zero-order valence-electron chi connectivity index (χ0n) is 36.5. The Balaban J connectivity index is 1.29. The number of aliphatic carboxylic acids is 1. The molecule has 56 heavy (non-hydrogen) atoms. The highest BCUT2D eigenvalue weighted by atomic mass is 16.5. The van der Waals surface area contributed by atoms with Crippen molar-refractivity contribution in [2.75, 3.05) is 33.7 Å². The number of carboxylic acid groups (broad SMARTS) is 1. The number of pyridine rings is 1. The Morgan fingerprint density at radius 1 is 0.929 bits per heavy atom. The minimum Gasteiger partial charge on any atom is -0.481 e. The lowest BCUT2D eigenvalue weighted by molar-refractivity contribution is -0.235. The molecule has 0 radical (unpaired) electrons. The van der Waals surface area contributed by atoms with E-state index in [9.17, 15) is 24.6 Å². The molecule has 1 aromatic heterocycles. The summed E-state index contributed by atoms with van der Waals surface area (Å²) in [5.74, 6) is 0.0379. The summed E-state index contributed by atoms with van der Waals surface area (Å²) in [5.41, 5.74) is 1.61. The SMILES string of the molecule is CC(C)C1=C2C3CCC4C5(C)CCC(OC(=O)CC(C)(C)C(=O)O)C(C)(C)C5CCC4(C)C3(C)CCC2(C(O)CN(CCN(C)C)Cc2ccncc2)CC1=O. The number of ether oxygens (including phenoxy) is 1. The average Bonchev–Trinajstić information content (AvgIpc) is 3.42. The van der Waals surface area contributed by atoms with Gasteiger partial charge in [-0.2, -0.15) is 0 Å². The smallest absolute Gasteiger partial charge is 0.309 e. The van der Waals surface area contributed by atoms with Gasteiger partial charge in [-0.1, -0.05) is 54.0 Å². The largest absolute Gasteiger partial charge is 0.481 e. The van der Waals surface area contributed by atoms with Crippen LogP contribution in [-0.4, -0.2) is 88.7 Å². The van der Waals surface area contributed by atoms with Crippen molar-refractivity contribution >= 4 is 17.7 Å². The van der Waals surface area contributed by atoms with Crippen molar-refractivity contribution in [2.45, 2.75) is 145 Å². The molecule has 0 saturated heterocycles. The lowest BCUT2D eigenvalue weighted by Gasteiger charge is -2.72. The number of ketones is 1. The van der Waals surface area contributed by atoms with Crippen LogP contribution >= 0.6 is 0 Å². The first kappa shape index (κ1) is 43.0. The molecule has 0 bridgehead atoms. The Hall–Kier alpha value is -2.62. The number of fused-ring (bicyclic) bond motifs is 7. The Morgan fingerprint density at radius 2 is 1.61 bits per heavy atom. The van der Waals surface area contributed by atoms with Crippen molar-refractivity contribution in [1.82, 2.24) is 14.8 Å². The predicted octanol–water partition coefficient (Wildman–Crippen LogP) is 8.20. The topological polar surface area (TPSA) is 120 Å². The number of rotatable bonds is 13. The molecule has 9 nitrogen and oxygen atoms in total. The van der Waals surface area contributed by atoms with E-state index in [0.717, 1.165) is 76.6 Å². The normalized spacial score (nSPS) is 35.9. The van der Waals surface area contributed by atoms with Crippen LogP contribution < -0.4 is 0 Å². The number of allylic oxidation sites excluding steroid dienone is 1. The second-order valence-electron chi connectivity index (χ2n) is 21.5. The number of hydrogen-bond acceptors (Lipinski definition) is 8. The van der Waals surface area contributed by atoms with Gasteiger partial charge in [0.25, 0.3) is 0 Å². The third-order valence-electron chi connectivity index (χ3n) is 17.0. The van der Waals surface area contributed by atoms with Crippen molar-refractivity contribution in [3.05, 3.63) is 41.2 Å². The molecule has 4 fully saturated rings. The zero-order chi connectivity index (χ0) is 41.2. The van der Waals surface area contributed by atoms with Gasteiger partial charge >= 0.3 is 11.9 Å². The highest BCUT2D eigenvalue weighted by Gasteiger charge is 2.71. The van der Waals surface area contributed by atoms with Crippen molar-refractivity contribution in [1.29, 1.82) is 0 Å². The maximum absolute atomic E-state index is 14.3. The minimum absolute atomic E-state index is 0.0231. The van der Waals surface area contributed by atoms with Crippen molar-refractivity contribution in [3.8, 4) is 0 Å². The molecule has 0 spiro atoms. The van der Waals surface area contributed by atoms with Gasteiger partial charge in [0.2, 0.25) is 0 Å². The fourth-order valence-electron chi connectivity index (χ4n) is 13.7. The molecule has 1 heterocycles. The molecular formula is C47H73N3O6. The summed E-state index contributed by atoms with van der Waals surface area (Å²) >= 11 is 0. The molecule has 0 aliphatic heterocycles. The van der Waals surface area contributed by atoms with Gasteiger partial charge in [-0.25, -0.2) is 0 Å². The molecule has 1 aromatic rings. The third kappa shape index (κ3) is 7.12. The predicted molar refractivity (Wildman–Crippen MR) is 219 cm³/mol. The first-order valence-electron chi connectivity index (χ1n) is 21.7. The molecule has 9 unspecified atom stereocenters. The number of likely N-dealkylation sites (N-methyl/N-ethyl adjacent to an activating group) is 1. The fourth-order valence-corrected chi connectivity index (χ4v) is 13.7. The second kappa shape index (κ2) is 15.2. The summed E-state index contributed by atoms with van der Waals surface area (Å²) in [6, 6.07) is 4.11. The average molecular weight is 776 g/mol. The lowest BCUT2D eigenvalue weighted by Crippen LogP contribution is -2.66. The molecule has 9 atom stereocenters. The van der Waals surface area contributed by atoms with Crippen LogP contribution in [0.4, 0.5) is 0 Å². The van der Waals surface area contributed by atoms with Gasteiger partial charge in [0.1, 0.15) is 6.10 Å². The van der Waals surface area contributed by atoms with Gasteiger partial charge in [0, 0.05) is 55.8 Å². The number of hydrogen-bond donors (Lipinski definition) is 2. The Labute approximate surface area is 337 Å². The molecule has 6 rings (SSSR count). The van der Waals surface area contributed by atoms with Gasteiger partial charge in [0.15, 0.2) is 5.78 Å². The van der Waals surface area contributed by atoms with Gasteiger partial charge in [-0.15, -0.1) is 0 Å². The van der Waals surface area contributed by atoms with Crippen LogP contribution in [0.15, 0.2) is 35.7 Å².